The predicted octanol–water partition coefficient (Wildman–Crippen LogP) is 3.61. The minimum absolute atomic E-state index is 0.426. The number of hydrogen-bond donors (Lipinski definition) is 1. The highest BCUT2D eigenvalue weighted by atomic mass is 16.5. The summed E-state index contributed by atoms with van der Waals surface area (Å²) in [4.78, 5) is 0. The van der Waals surface area contributed by atoms with Gasteiger partial charge in [-0.15, -0.1) is 0 Å². The van der Waals surface area contributed by atoms with Gasteiger partial charge in [0.2, 0.25) is 0 Å². The number of rotatable bonds is 3. The predicted molar refractivity (Wildman–Crippen MR) is 71.6 cm³/mol. The first-order chi connectivity index (χ1) is 8.13. The molecule has 1 saturated carbocycles. The van der Waals surface area contributed by atoms with Crippen LogP contribution >= 0.6 is 0 Å². The molecule has 17 heavy (non-hydrogen) atoms. The Labute approximate surface area is 104 Å². The lowest BCUT2D eigenvalue weighted by Gasteiger charge is -2.31. The molecule has 1 aromatic rings. The van der Waals surface area contributed by atoms with Crippen LogP contribution in [-0.2, 0) is 11.3 Å². The highest BCUT2D eigenvalue weighted by Gasteiger charge is 2.24. The molecular formula is C15H23NO. The van der Waals surface area contributed by atoms with E-state index in [0.717, 1.165) is 17.5 Å². The molecule has 2 nitrogen and oxygen atoms in total. The molecule has 0 aliphatic heterocycles. The van der Waals surface area contributed by atoms with Gasteiger partial charge in [-0.25, -0.2) is 0 Å². The molecule has 94 valence electrons. The molecule has 0 saturated heterocycles. The summed E-state index contributed by atoms with van der Waals surface area (Å²) in [5.41, 5.74) is 7.75. The first-order valence-electron chi connectivity index (χ1n) is 6.59. The first-order valence-corrected chi connectivity index (χ1v) is 6.59. The Kier molecular flexibility index (Phi) is 4.06. The molecule has 2 rings (SSSR count). The fourth-order valence-corrected chi connectivity index (χ4v) is 2.91. The Morgan fingerprint density at radius 2 is 1.88 bits per heavy atom. The van der Waals surface area contributed by atoms with Gasteiger partial charge < -0.3 is 10.5 Å². The minimum Gasteiger partial charge on any atom is -0.399 e. The maximum Gasteiger partial charge on any atom is 0.0721 e. The van der Waals surface area contributed by atoms with Crippen molar-refractivity contribution < 1.29 is 4.74 Å². The van der Waals surface area contributed by atoms with Gasteiger partial charge in [-0.3, -0.25) is 0 Å². The van der Waals surface area contributed by atoms with E-state index in [2.05, 4.69) is 19.9 Å². The molecule has 0 aromatic heterocycles. The van der Waals surface area contributed by atoms with Gasteiger partial charge in [0.15, 0.2) is 0 Å². The van der Waals surface area contributed by atoms with Gasteiger partial charge in [-0.1, -0.05) is 26.0 Å². The summed E-state index contributed by atoms with van der Waals surface area (Å²) in [7, 11) is 0. The SMILES string of the molecule is CC1CC(C)CC(OCc2cccc(N)c2)C1. The van der Waals surface area contributed by atoms with Gasteiger partial charge in [0.1, 0.15) is 0 Å². The second kappa shape index (κ2) is 5.54. The van der Waals surface area contributed by atoms with Crippen molar-refractivity contribution in [3.8, 4) is 0 Å². The summed E-state index contributed by atoms with van der Waals surface area (Å²) >= 11 is 0. The summed E-state index contributed by atoms with van der Waals surface area (Å²) in [5, 5.41) is 0. The second-order valence-electron chi connectivity index (χ2n) is 5.60. The number of ether oxygens (including phenoxy) is 1. The smallest absolute Gasteiger partial charge is 0.0721 e. The fourth-order valence-electron chi connectivity index (χ4n) is 2.91. The molecule has 2 heteroatoms. The van der Waals surface area contributed by atoms with Gasteiger partial charge >= 0.3 is 0 Å². The van der Waals surface area contributed by atoms with Gasteiger partial charge in [0.05, 0.1) is 12.7 Å². The van der Waals surface area contributed by atoms with E-state index in [1.165, 1.54) is 24.8 Å². The molecule has 2 atom stereocenters. The molecule has 0 bridgehead atoms. The van der Waals surface area contributed by atoms with Crippen LogP contribution in [0.1, 0.15) is 38.7 Å². The van der Waals surface area contributed by atoms with Crippen LogP contribution < -0.4 is 5.73 Å². The second-order valence-corrected chi connectivity index (χ2v) is 5.60. The molecule has 1 aromatic carbocycles. The Morgan fingerprint density at radius 3 is 2.53 bits per heavy atom. The summed E-state index contributed by atoms with van der Waals surface area (Å²) in [6.07, 6.45) is 4.17. The fraction of sp³-hybridized carbons (Fsp3) is 0.600. The van der Waals surface area contributed by atoms with Crippen molar-refractivity contribution in [2.24, 2.45) is 11.8 Å². The van der Waals surface area contributed by atoms with Gasteiger partial charge in [-0.05, 0) is 48.8 Å². The topological polar surface area (TPSA) is 35.2 Å². The Bertz CT molecular complexity index is 354. The standard InChI is InChI=1S/C15H23NO/c1-11-6-12(2)8-15(7-11)17-10-13-4-3-5-14(16)9-13/h3-5,9,11-12,15H,6-8,10,16H2,1-2H3. The lowest BCUT2D eigenvalue weighted by atomic mass is 9.82. The van der Waals surface area contributed by atoms with E-state index in [-0.39, 0.29) is 0 Å². The van der Waals surface area contributed by atoms with Crippen LogP contribution in [0.25, 0.3) is 0 Å². The molecule has 0 radical (unpaired) electrons. The molecule has 0 heterocycles. The van der Waals surface area contributed by atoms with Crippen LogP contribution in [-0.4, -0.2) is 6.10 Å². The van der Waals surface area contributed by atoms with Gasteiger partial charge in [-0.2, -0.15) is 0 Å². The van der Waals surface area contributed by atoms with Crippen LogP contribution in [0.5, 0.6) is 0 Å². The lowest BCUT2D eigenvalue weighted by molar-refractivity contribution is -0.00913. The zero-order valence-corrected chi connectivity index (χ0v) is 10.9. The van der Waals surface area contributed by atoms with Crippen molar-refractivity contribution in [3.63, 3.8) is 0 Å². The first kappa shape index (κ1) is 12.4. The highest BCUT2D eigenvalue weighted by Crippen LogP contribution is 2.30. The average molecular weight is 233 g/mol. The maximum atomic E-state index is 6.01. The molecule has 0 amide bonds. The maximum absolute atomic E-state index is 6.01. The number of nitrogens with two attached hydrogens (primary N) is 1. The molecule has 0 spiro atoms. The van der Waals surface area contributed by atoms with Crippen molar-refractivity contribution in [1.82, 2.24) is 0 Å². The van der Waals surface area contributed by atoms with Crippen molar-refractivity contribution >= 4 is 5.69 Å². The van der Waals surface area contributed by atoms with Crippen molar-refractivity contribution in [2.45, 2.75) is 45.8 Å². The van der Waals surface area contributed by atoms with Crippen molar-refractivity contribution in [3.05, 3.63) is 29.8 Å². The summed E-state index contributed by atoms with van der Waals surface area (Å²) in [6, 6.07) is 7.97. The van der Waals surface area contributed by atoms with Gasteiger partial charge in [0.25, 0.3) is 0 Å². The normalized spacial score (nSPS) is 29.2. The van der Waals surface area contributed by atoms with Crippen LogP contribution in [0.4, 0.5) is 5.69 Å². The van der Waals surface area contributed by atoms with Crippen LogP contribution in [0.3, 0.4) is 0 Å². The van der Waals surface area contributed by atoms with E-state index < -0.39 is 0 Å². The van der Waals surface area contributed by atoms with E-state index in [0.29, 0.717) is 12.7 Å². The lowest BCUT2D eigenvalue weighted by Crippen LogP contribution is -2.26. The molecular weight excluding hydrogens is 210 g/mol. The third-order valence-electron chi connectivity index (χ3n) is 3.57. The summed E-state index contributed by atoms with van der Waals surface area (Å²) < 4.78 is 6.01. The highest BCUT2D eigenvalue weighted by molar-refractivity contribution is 5.40. The van der Waals surface area contributed by atoms with E-state index in [4.69, 9.17) is 10.5 Å². The third kappa shape index (κ3) is 3.74. The average Bonchev–Trinajstić information content (AvgIpc) is 2.25. The molecule has 2 unspecified atom stereocenters. The van der Waals surface area contributed by atoms with Crippen LogP contribution in [0.2, 0.25) is 0 Å². The summed E-state index contributed by atoms with van der Waals surface area (Å²) in [5.74, 6) is 1.59. The van der Waals surface area contributed by atoms with E-state index in [9.17, 15) is 0 Å². The summed E-state index contributed by atoms with van der Waals surface area (Å²) in [6.45, 7) is 5.34. The molecule has 2 N–H and O–H groups in total. The van der Waals surface area contributed by atoms with Crippen molar-refractivity contribution in [2.75, 3.05) is 5.73 Å². The largest absolute Gasteiger partial charge is 0.399 e. The Morgan fingerprint density at radius 1 is 1.18 bits per heavy atom. The number of anilines is 1. The van der Waals surface area contributed by atoms with Crippen molar-refractivity contribution in [1.29, 1.82) is 0 Å². The number of benzene rings is 1. The molecule has 1 aliphatic rings. The minimum atomic E-state index is 0.426. The Balaban J connectivity index is 1.85. The van der Waals surface area contributed by atoms with E-state index in [1.54, 1.807) is 0 Å². The number of nitrogen functional groups attached to an aromatic ring is 1. The van der Waals surface area contributed by atoms with Crippen LogP contribution in [0.15, 0.2) is 24.3 Å². The zero-order chi connectivity index (χ0) is 12.3. The quantitative estimate of drug-likeness (QED) is 0.809. The van der Waals surface area contributed by atoms with E-state index >= 15 is 0 Å². The monoisotopic (exact) mass is 233 g/mol. The van der Waals surface area contributed by atoms with Gasteiger partial charge in [0, 0.05) is 5.69 Å². The molecule has 1 fully saturated rings. The zero-order valence-electron chi connectivity index (χ0n) is 10.9. The van der Waals surface area contributed by atoms with Crippen LogP contribution in [0, 0.1) is 11.8 Å². The third-order valence-corrected chi connectivity index (χ3v) is 3.57. The molecule has 1 aliphatic carbocycles. The number of hydrogen-bond acceptors (Lipinski definition) is 2. The van der Waals surface area contributed by atoms with E-state index in [1.807, 2.05) is 18.2 Å². The Hall–Kier alpha value is -1.02.